The minimum atomic E-state index is -2.24. The predicted molar refractivity (Wildman–Crippen MR) is 84.9 cm³/mol. The van der Waals surface area contributed by atoms with Gasteiger partial charge in [-0.25, -0.2) is 19.4 Å². The first-order valence-electron chi connectivity index (χ1n) is 7.31. The Labute approximate surface area is 150 Å². The molecule has 0 bridgehead atoms. The molecule has 1 aliphatic carbocycles. The van der Waals surface area contributed by atoms with E-state index < -0.39 is 46.4 Å². The van der Waals surface area contributed by atoms with Crippen LogP contribution < -0.4 is 0 Å². The van der Waals surface area contributed by atoms with E-state index >= 15 is 0 Å². The number of carboxylic acids is 3. The molecular weight excluding hydrogens is 364 g/mol. The zero-order chi connectivity index (χ0) is 20.1. The van der Waals surface area contributed by atoms with Gasteiger partial charge >= 0.3 is 17.9 Å². The van der Waals surface area contributed by atoms with E-state index in [0.717, 1.165) is 26.4 Å². The summed E-state index contributed by atoms with van der Waals surface area (Å²) in [6.07, 6.45) is 0. The Balaban J connectivity index is 2.52. The van der Waals surface area contributed by atoms with Gasteiger partial charge in [-0.1, -0.05) is 0 Å². The maximum absolute atomic E-state index is 13.0. The Morgan fingerprint density at radius 3 is 2.15 bits per heavy atom. The van der Waals surface area contributed by atoms with Crippen molar-refractivity contribution in [2.45, 2.75) is 5.79 Å². The number of fused-ring (bicyclic) bond motifs is 3. The fourth-order valence-corrected chi connectivity index (χ4v) is 3.01. The summed E-state index contributed by atoms with van der Waals surface area (Å²) in [5.41, 5.74) is -2.44. The smallest absolute Gasteiger partial charge is 0.354 e. The molecule has 0 radical (unpaired) electrons. The van der Waals surface area contributed by atoms with Gasteiger partial charge in [0.15, 0.2) is 0 Å². The average Bonchev–Trinajstić information content (AvgIpc) is 3.07. The van der Waals surface area contributed by atoms with Gasteiger partial charge in [-0.2, -0.15) is 0 Å². The highest BCUT2D eigenvalue weighted by Gasteiger charge is 2.52. The van der Waals surface area contributed by atoms with Gasteiger partial charge < -0.3 is 29.8 Å². The summed E-state index contributed by atoms with van der Waals surface area (Å²) in [5, 5.41) is 28.0. The van der Waals surface area contributed by atoms with Crippen molar-refractivity contribution >= 4 is 23.7 Å². The van der Waals surface area contributed by atoms with Crippen molar-refractivity contribution in [3.05, 3.63) is 40.3 Å². The number of rotatable bonds is 5. The lowest BCUT2D eigenvalue weighted by molar-refractivity contribution is -0.179. The summed E-state index contributed by atoms with van der Waals surface area (Å²) in [5.74, 6) is -7.52. The molecule has 0 fully saturated rings. The third-order valence-electron chi connectivity index (χ3n) is 4.20. The van der Waals surface area contributed by atoms with E-state index in [1.165, 1.54) is 0 Å². The third kappa shape index (κ3) is 2.40. The Bertz CT molecular complexity index is 1020. The van der Waals surface area contributed by atoms with Crippen molar-refractivity contribution in [3.63, 3.8) is 0 Å². The van der Waals surface area contributed by atoms with Crippen molar-refractivity contribution in [1.29, 1.82) is 0 Å². The summed E-state index contributed by atoms with van der Waals surface area (Å²) >= 11 is 0. The van der Waals surface area contributed by atoms with Gasteiger partial charge in [-0.15, -0.1) is 0 Å². The normalized spacial score (nSPS) is 14.4. The molecule has 2 aromatic rings. The average molecular weight is 376 g/mol. The van der Waals surface area contributed by atoms with Gasteiger partial charge in [0.25, 0.3) is 5.79 Å². The molecule has 0 atom stereocenters. The molecule has 0 amide bonds. The number of ketones is 1. The van der Waals surface area contributed by atoms with E-state index in [2.05, 4.69) is 9.97 Å². The summed E-state index contributed by atoms with van der Waals surface area (Å²) < 4.78 is 10.4. The van der Waals surface area contributed by atoms with Crippen LogP contribution in [-0.4, -0.2) is 63.2 Å². The number of carbonyl (C=O) groups is 4. The van der Waals surface area contributed by atoms with Crippen molar-refractivity contribution in [2.24, 2.45) is 0 Å². The first kappa shape index (κ1) is 18.2. The largest absolute Gasteiger partial charge is 0.478 e. The van der Waals surface area contributed by atoms with Crippen molar-refractivity contribution in [1.82, 2.24) is 9.97 Å². The molecule has 27 heavy (non-hydrogen) atoms. The van der Waals surface area contributed by atoms with Crippen LogP contribution in [0.5, 0.6) is 0 Å². The first-order valence-corrected chi connectivity index (χ1v) is 7.31. The molecule has 4 N–H and O–H groups in total. The summed E-state index contributed by atoms with van der Waals surface area (Å²) in [7, 11) is 2.19. The molecule has 2 aromatic heterocycles. The molecule has 0 aliphatic heterocycles. The molecular formula is C16H12N2O9. The van der Waals surface area contributed by atoms with Gasteiger partial charge in [0.05, 0.1) is 16.8 Å². The topological polar surface area (TPSA) is 176 Å². The third-order valence-corrected chi connectivity index (χ3v) is 4.20. The van der Waals surface area contributed by atoms with Crippen molar-refractivity contribution in [3.8, 4) is 11.3 Å². The second-order valence-corrected chi connectivity index (χ2v) is 5.52. The van der Waals surface area contributed by atoms with Crippen molar-refractivity contribution in [2.75, 3.05) is 14.2 Å². The zero-order valence-electron chi connectivity index (χ0n) is 13.9. The van der Waals surface area contributed by atoms with Crippen LogP contribution in [0.15, 0.2) is 12.1 Å². The van der Waals surface area contributed by atoms with Crippen LogP contribution >= 0.6 is 0 Å². The number of hydrogen-bond donors (Lipinski definition) is 4. The van der Waals surface area contributed by atoms with Crippen LogP contribution in [-0.2, 0) is 15.3 Å². The number of aromatic amines is 1. The number of carbonyl (C=O) groups excluding carboxylic acids is 1. The molecule has 140 valence electrons. The molecule has 0 unspecified atom stereocenters. The fourth-order valence-electron chi connectivity index (χ4n) is 3.01. The highest BCUT2D eigenvalue weighted by Crippen LogP contribution is 2.45. The van der Waals surface area contributed by atoms with E-state index in [9.17, 15) is 34.5 Å². The van der Waals surface area contributed by atoms with Crippen LogP contribution in [0.25, 0.3) is 11.3 Å². The van der Waals surface area contributed by atoms with E-state index in [-0.39, 0.29) is 22.5 Å². The molecule has 0 aromatic carbocycles. The van der Waals surface area contributed by atoms with E-state index in [0.29, 0.717) is 0 Å². The van der Waals surface area contributed by atoms with Gasteiger partial charge in [0.2, 0.25) is 5.78 Å². The lowest BCUT2D eigenvalue weighted by atomic mass is 9.85. The standard InChI is InChI=1S/C16H12N2O9/c1-26-16(27-2)11-9(5(13(20)21)3-8(18-11)15(24)25)10-6(12(16)19)4-7(17-10)14(22)23/h3-4,17H,1-2H3,(H,20,21)(H,22,23)(H,24,25). The minimum absolute atomic E-state index is 0.126. The van der Waals surface area contributed by atoms with Gasteiger partial charge in [-0.05, 0) is 12.1 Å². The Morgan fingerprint density at radius 1 is 1.04 bits per heavy atom. The monoisotopic (exact) mass is 376 g/mol. The Kier molecular flexibility index (Phi) is 4.05. The van der Waals surface area contributed by atoms with Gasteiger partial charge in [-0.3, -0.25) is 4.79 Å². The summed E-state index contributed by atoms with van der Waals surface area (Å²) in [6.45, 7) is 0. The Morgan fingerprint density at radius 2 is 1.67 bits per heavy atom. The highest BCUT2D eigenvalue weighted by molar-refractivity contribution is 6.14. The molecule has 2 heterocycles. The molecule has 11 heteroatoms. The molecule has 0 spiro atoms. The maximum Gasteiger partial charge on any atom is 0.354 e. The number of ether oxygens (including phenoxy) is 2. The summed E-state index contributed by atoms with van der Waals surface area (Å²) in [6, 6.07) is 1.83. The van der Waals surface area contributed by atoms with E-state index in [4.69, 9.17) is 9.47 Å². The number of carboxylic acid groups (broad SMARTS) is 3. The highest BCUT2D eigenvalue weighted by atomic mass is 16.7. The number of H-pyrrole nitrogens is 1. The number of nitrogens with zero attached hydrogens (tertiary/aromatic N) is 1. The number of aromatic nitrogens is 2. The van der Waals surface area contributed by atoms with E-state index in [1.54, 1.807) is 0 Å². The zero-order valence-corrected chi connectivity index (χ0v) is 13.9. The van der Waals surface area contributed by atoms with Gasteiger partial charge in [0.1, 0.15) is 17.1 Å². The van der Waals surface area contributed by atoms with Crippen molar-refractivity contribution < 1.29 is 44.0 Å². The van der Waals surface area contributed by atoms with Gasteiger partial charge in [0, 0.05) is 19.8 Å². The molecule has 0 saturated heterocycles. The van der Waals surface area contributed by atoms with Crippen LogP contribution in [0.2, 0.25) is 0 Å². The number of pyridine rings is 1. The second kappa shape index (κ2) is 6.00. The molecule has 1 aliphatic rings. The number of Topliss-reactive ketones (excluding diaryl/α,β-unsaturated/α-hetero) is 1. The van der Waals surface area contributed by atoms with Crippen LogP contribution in [0.1, 0.15) is 47.4 Å². The van der Waals surface area contributed by atoms with Crippen LogP contribution in [0.3, 0.4) is 0 Å². The molecule has 3 rings (SSSR count). The van der Waals surface area contributed by atoms with Crippen LogP contribution in [0, 0.1) is 0 Å². The Hall–Kier alpha value is -3.57. The summed E-state index contributed by atoms with van der Waals surface area (Å²) in [4.78, 5) is 53.7. The van der Waals surface area contributed by atoms with Crippen LogP contribution in [0.4, 0.5) is 0 Å². The quantitative estimate of drug-likeness (QED) is 0.546. The first-order chi connectivity index (χ1) is 12.7. The molecule has 11 nitrogen and oxygen atoms in total. The maximum atomic E-state index is 13.0. The predicted octanol–water partition coefficient (Wildman–Crippen LogP) is 0.813. The number of aromatic carboxylic acids is 3. The number of hydrogen-bond acceptors (Lipinski definition) is 7. The number of methoxy groups -OCH3 is 2. The van der Waals surface area contributed by atoms with E-state index in [1.807, 2.05) is 0 Å². The lowest BCUT2D eigenvalue weighted by Crippen LogP contribution is -2.44. The lowest BCUT2D eigenvalue weighted by Gasteiger charge is -2.34. The minimum Gasteiger partial charge on any atom is -0.478 e. The fraction of sp³-hybridized carbons (Fsp3) is 0.188. The SMILES string of the molecule is COC1(OC)C(=O)c2cc(C(=O)O)[nH]c2-c2c(C(=O)O)cc(C(=O)O)nc21. The second-order valence-electron chi connectivity index (χ2n) is 5.52. The molecule has 0 saturated carbocycles. The number of nitrogens with one attached hydrogen (secondary N) is 1.